The third-order valence-electron chi connectivity index (χ3n) is 3.07. The normalized spacial score (nSPS) is 16.6. The van der Waals surface area contributed by atoms with Crippen LogP contribution in [0.4, 0.5) is 0 Å². The molecule has 0 amide bonds. The highest BCUT2D eigenvalue weighted by molar-refractivity contribution is 5.51. The number of benzene rings is 1. The molecule has 17 heavy (non-hydrogen) atoms. The van der Waals surface area contributed by atoms with Gasteiger partial charge >= 0.3 is 0 Å². The lowest BCUT2D eigenvalue weighted by atomic mass is 10.1. The summed E-state index contributed by atoms with van der Waals surface area (Å²) in [5, 5.41) is 3.55. The van der Waals surface area contributed by atoms with Crippen molar-refractivity contribution < 1.29 is 0 Å². The smallest absolute Gasteiger partial charge is 0.0170 e. The fourth-order valence-corrected chi connectivity index (χ4v) is 1.72. The van der Waals surface area contributed by atoms with Gasteiger partial charge in [0.1, 0.15) is 0 Å². The summed E-state index contributed by atoms with van der Waals surface area (Å²) >= 11 is 0. The fourth-order valence-electron chi connectivity index (χ4n) is 1.72. The average molecular weight is 227 g/mol. The second-order valence-corrected chi connectivity index (χ2v) is 4.60. The van der Waals surface area contributed by atoms with Gasteiger partial charge in [0.15, 0.2) is 0 Å². The molecule has 2 rings (SSSR count). The standard InChI is InChI=1S/C16H21N/c1-2-14(13-17-16-11-12-16)9-6-10-15-7-4-3-5-8-15/h3-10,16-17H,2,11-13H2,1H3. The van der Waals surface area contributed by atoms with Gasteiger partial charge in [-0.2, -0.15) is 0 Å². The Morgan fingerprint density at radius 1 is 1.29 bits per heavy atom. The topological polar surface area (TPSA) is 12.0 Å². The monoisotopic (exact) mass is 227 g/mol. The molecule has 1 aromatic carbocycles. The first kappa shape index (κ1) is 12.1. The number of allylic oxidation sites excluding steroid dienone is 2. The van der Waals surface area contributed by atoms with Gasteiger partial charge in [0, 0.05) is 12.6 Å². The summed E-state index contributed by atoms with van der Waals surface area (Å²) in [5.74, 6) is 0. The molecule has 0 radical (unpaired) electrons. The molecule has 1 heteroatoms. The predicted molar refractivity (Wildman–Crippen MR) is 74.9 cm³/mol. The average Bonchev–Trinajstić information content (AvgIpc) is 3.19. The Bertz CT molecular complexity index is 385. The maximum absolute atomic E-state index is 3.55. The van der Waals surface area contributed by atoms with E-state index in [1.165, 1.54) is 24.0 Å². The van der Waals surface area contributed by atoms with E-state index < -0.39 is 0 Å². The number of hydrogen-bond acceptors (Lipinski definition) is 1. The molecule has 0 bridgehead atoms. The van der Waals surface area contributed by atoms with Crippen LogP contribution < -0.4 is 5.32 Å². The van der Waals surface area contributed by atoms with Gasteiger partial charge in [0.05, 0.1) is 0 Å². The molecule has 1 aromatic rings. The minimum atomic E-state index is 0.794. The van der Waals surface area contributed by atoms with Crippen molar-refractivity contribution in [3.05, 3.63) is 53.6 Å². The molecule has 0 spiro atoms. The van der Waals surface area contributed by atoms with Crippen molar-refractivity contribution in [1.29, 1.82) is 0 Å². The summed E-state index contributed by atoms with van der Waals surface area (Å²) in [4.78, 5) is 0. The summed E-state index contributed by atoms with van der Waals surface area (Å²) in [6.45, 7) is 3.26. The third-order valence-corrected chi connectivity index (χ3v) is 3.07. The van der Waals surface area contributed by atoms with Gasteiger partial charge in [-0.1, -0.05) is 61.1 Å². The van der Waals surface area contributed by atoms with E-state index in [0.29, 0.717) is 0 Å². The van der Waals surface area contributed by atoms with Crippen molar-refractivity contribution in [1.82, 2.24) is 5.32 Å². The highest BCUT2D eigenvalue weighted by Crippen LogP contribution is 2.19. The Labute approximate surface area is 104 Å². The van der Waals surface area contributed by atoms with E-state index in [0.717, 1.165) is 19.0 Å². The molecule has 0 aromatic heterocycles. The van der Waals surface area contributed by atoms with Crippen LogP contribution in [0.2, 0.25) is 0 Å². The van der Waals surface area contributed by atoms with Crippen LogP contribution >= 0.6 is 0 Å². The zero-order valence-corrected chi connectivity index (χ0v) is 10.5. The highest BCUT2D eigenvalue weighted by atomic mass is 14.9. The van der Waals surface area contributed by atoms with Crippen LogP contribution in [-0.4, -0.2) is 12.6 Å². The Hall–Kier alpha value is -1.34. The first-order valence-corrected chi connectivity index (χ1v) is 6.53. The van der Waals surface area contributed by atoms with Crippen molar-refractivity contribution >= 4 is 6.08 Å². The molecule has 1 fully saturated rings. The second-order valence-electron chi connectivity index (χ2n) is 4.60. The van der Waals surface area contributed by atoms with Crippen LogP contribution in [-0.2, 0) is 0 Å². The maximum atomic E-state index is 3.55. The van der Waals surface area contributed by atoms with Gasteiger partial charge in [0.2, 0.25) is 0 Å². The quantitative estimate of drug-likeness (QED) is 0.729. The van der Waals surface area contributed by atoms with Gasteiger partial charge in [-0.15, -0.1) is 0 Å². The predicted octanol–water partition coefficient (Wildman–Crippen LogP) is 3.79. The molecule has 0 atom stereocenters. The van der Waals surface area contributed by atoms with Crippen LogP contribution in [0, 0.1) is 0 Å². The van der Waals surface area contributed by atoms with E-state index in [1.54, 1.807) is 0 Å². The Kier molecular flexibility index (Phi) is 4.57. The third kappa shape index (κ3) is 4.58. The summed E-state index contributed by atoms with van der Waals surface area (Å²) in [5.41, 5.74) is 2.73. The van der Waals surface area contributed by atoms with Crippen molar-refractivity contribution in [2.45, 2.75) is 32.2 Å². The van der Waals surface area contributed by atoms with Crippen LogP contribution in [0.25, 0.3) is 6.08 Å². The molecule has 1 aliphatic carbocycles. The number of rotatable bonds is 6. The number of nitrogens with one attached hydrogen (secondary N) is 1. The summed E-state index contributed by atoms with van der Waals surface area (Å²) in [7, 11) is 0. The van der Waals surface area contributed by atoms with Gasteiger partial charge < -0.3 is 5.32 Å². The fraction of sp³-hybridized carbons (Fsp3) is 0.375. The number of hydrogen-bond donors (Lipinski definition) is 1. The molecular formula is C16H21N. The lowest BCUT2D eigenvalue weighted by molar-refractivity contribution is 0.720. The lowest BCUT2D eigenvalue weighted by Crippen LogP contribution is -2.18. The Morgan fingerprint density at radius 3 is 2.71 bits per heavy atom. The van der Waals surface area contributed by atoms with E-state index in [2.05, 4.69) is 54.7 Å². The van der Waals surface area contributed by atoms with Gasteiger partial charge in [-0.3, -0.25) is 0 Å². The van der Waals surface area contributed by atoms with Crippen LogP contribution in [0.1, 0.15) is 31.7 Å². The van der Waals surface area contributed by atoms with Gasteiger partial charge in [-0.05, 0) is 24.8 Å². The molecule has 0 unspecified atom stereocenters. The molecule has 90 valence electrons. The zero-order chi connectivity index (χ0) is 11.9. The molecule has 1 saturated carbocycles. The molecule has 0 saturated heterocycles. The largest absolute Gasteiger partial charge is 0.310 e. The molecule has 1 nitrogen and oxygen atoms in total. The molecule has 1 N–H and O–H groups in total. The van der Waals surface area contributed by atoms with E-state index in [-0.39, 0.29) is 0 Å². The molecule has 0 heterocycles. The SMILES string of the molecule is CCC(=CC=Cc1ccccc1)CNC1CC1. The molecular weight excluding hydrogens is 206 g/mol. The first-order chi connectivity index (χ1) is 8.38. The Balaban J connectivity index is 1.85. The first-order valence-electron chi connectivity index (χ1n) is 6.53. The maximum Gasteiger partial charge on any atom is 0.0170 e. The van der Waals surface area contributed by atoms with Gasteiger partial charge in [-0.25, -0.2) is 0 Å². The zero-order valence-electron chi connectivity index (χ0n) is 10.5. The molecule has 0 aliphatic heterocycles. The van der Waals surface area contributed by atoms with E-state index in [9.17, 15) is 0 Å². The highest BCUT2D eigenvalue weighted by Gasteiger charge is 2.19. The van der Waals surface area contributed by atoms with Crippen LogP contribution in [0.3, 0.4) is 0 Å². The Morgan fingerprint density at radius 2 is 2.06 bits per heavy atom. The van der Waals surface area contributed by atoms with Crippen LogP contribution in [0.15, 0.2) is 48.1 Å². The lowest BCUT2D eigenvalue weighted by Gasteiger charge is -2.04. The van der Waals surface area contributed by atoms with Gasteiger partial charge in [0.25, 0.3) is 0 Å². The minimum Gasteiger partial charge on any atom is -0.310 e. The minimum absolute atomic E-state index is 0.794. The second kappa shape index (κ2) is 6.41. The van der Waals surface area contributed by atoms with Crippen molar-refractivity contribution in [2.75, 3.05) is 6.54 Å². The van der Waals surface area contributed by atoms with Crippen LogP contribution in [0.5, 0.6) is 0 Å². The summed E-state index contributed by atoms with van der Waals surface area (Å²) in [6.07, 6.45) is 10.4. The summed E-state index contributed by atoms with van der Waals surface area (Å²) in [6, 6.07) is 11.2. The van der Waals surface area contributed by atoms with E-state index >= 15 is 0 Å². The van der Waals surface area contributed by atoms with Crippen molar-refractivity contribution in [3.8, 4) is 0 Å². The van der Waals surface area contributed by atoms with E-state index in [4.69, 9.17) is 0 Å². The van der Waals surface area contributed by atoms with Crippen molar-refractivity contribution in [3.63, 3.8) is 0 Å². The van der Waals surface area contributed by atoms with Crippen molar-refractivity contribution in [2.24, 2.45) is 0 Å². The summed E-state index contributed by atoms with van der Waals surface area (Å²) < 4.78 is 0. The molecule has 1 aliphatic rings. The van der Waals surface area contributed by atoms with E-state index in [1.807, 2.05) is 6.07 Å².